The minimum atomic E-state index is -0.472. The van der Waals surface area contributed by atoms with E-state index in [4.69, 9.17) is 27.9 Å². The molecule has 1 aliphatic heterocycles. The van der Waals surface area contributed by atoms with Gasteiger partial charge in [0.2, 0.25) is 0 Å². The molecule has 1 saturated heterocycles. The normalized spacial score (nSPS) is 19.6. The highest BCUT2D eigenvalue weighted by Crippen LogP contribution is 2.29. The monoisotopic (exact) mass is 386 g/mol. The lowest BCUT2D eigenvalue weighted by molar-refractivity contribution is 0.0183. The van der Waals surface area contributed by atoms with Gasteiger partial charge in [0.25, 0.3) is 0 Å². The summed E-state index contributed by atoms with van der Waals surface area (Å²) >= 11 is 12.4. The van der Waals surface area contributed by atoms with Gasteiger partial charge in [-0.2, -0.15) is 0 Å². The number of likely N-dealkylation sites (tertiary alicyclic amines) is 1. The Morgan fingerprint density at radius 3 is 2.72 bits per heavy atom. The number of hydrogen-bond donors (Lipinski definition) is 1. The molecule has 25 heavy (non-hydrogen) atoms. The lowest BCUT2D eigenvalue weighted by atomic mass is 10.00. The lowest BCUT2D eigenvalue weighted by Crippen LogP contribution is -2.50. The number of rotatable bonds is 4. The fraction of sp³-hybridized carbons (Fsp3) is 0.632. The van der Waals surface area contributed by atoms with Crippen LogP contribution in [0.25, 0.3) is 0 Å². The first kappa shape index (κ1) is 20.3. The van der Waals surface area contributed by atoms with Crippen molar-refractivity contribution in [2.75, 3.05) is 13.1 Å². The van der Waals surface area contributed by atoms with E-state index in [9.17, 15) is 4.79 Å². The number of carbonyl (C=O) groups is 1. The van der Waals surface area contributed by atoms with Crippen molar-refractivity contribution < 1.29 is 9.53 Å². The van der Waals surface area contributed by atoms with Crippen LogP contribution in [0.15, 0.2) is 18.2 Å². The van der Waals surface area contributed by atoms with Gasteiger partial charge in [-0.05, 0) is 57.7 Å². The topological polar surface area (TPSA) is 41.6 Å². The highest BCUT2D eigenvalue weighted by molar-refractivity contribution is 6.35. The zero-order chi connectivity index (χ0) is 18.6. The second-order valence-electron chi connectivity index (χ2n) is 7.56. The van der Waals surface area contributed by atoms with Crippen LogP contribution in [0, 0.1) is 0 Å². The molecule has 0 aliphatic carbocycles. The molecule has 1 heterocycles. The van der Waals surface area contributed by atoms with Crippen molar-refractivity contribution in [2.24, 2.45) is 0 Å². The van der Waals surface area contributed by atoms with Crippen LogP contribution >= 0.6 is 23.2 Å². The van der Waals surface area contributed by atoms with Gasteiger partial charge < -0.3 is 15.0 Å². The number of ether oxygens (including phenoxy) is 1. The van der Waals surface area contributed by atoms with Gasteiger partial charge in [0.15, 0.2) is 0 Å². The maximum atomic E-state index is 12.3. The minimum absolute atomic E-state index is 0.133. The summed E-state index contributed by atoms with van der Waals surface area (Å²) in [4.78, 5) is 14.1. The summed E-state index contributed by atoms with van der Waals surface area (Å²) in [6.45, 7) is 9.18. The predicted molar refractivity (Wildman–Crippen MR) is 103 cm³/mol. The number of amides is 1. The van der Waals surface area contributed by atoms with Gasteiger partial charge in [0.05, 0.1) is 0 Å². The molecule has 1 N–H and O–H groups in total. The Kier molecular flexibility index (Phi) is 7.01. The van der Waals surface area contributed by atoms with Gasteiger partial charge in [-0.25, -0.2) is 4.79 Å². The van der Waals surface area contributed by atoms with Gasteiger partial charge in [-0.15, -0.1) is 0 Å². The van der Waals surface area contributed by atoms with E-state index in [-0.39, 0.29) is 18.2 Å². The average Bonchev–Trinajstić information content (AvgIpc) is 2.52. The summed E-state index contributed by atoms with van der Waals surface area (Å²) < 4.78 is 5.50. The lowest BCUT2D eigenvalue weighted by Gasteiger charge is -2.36. The molecular formula is C19H28Cl2N2O2. The SMILES string of the molecule is CCC(NC1CCCN(C(=O)OC(C)(C)C)C1)c1ccc(Cl)cc1Cl. The summed E-state index contributed by atoms with van der Waals surface area (Å²) in [5.74, 6) is 0. The molecule has 1 aromatic rings. The Labute approximate surface area is 160 Å². The van der Waals surface area contributed by atoms with Crippen molar-refractivity contribution in [3.8, 4) is 0 Å². The first-order valence-corrected chi connectivity index (χ1v) is 9.64. The van der Waals surface area contributed by atoms with E-state index in [0.717, 1.165) is 31.4 Å². The second-order valence-corrected chi connectivity index (χ2v) is 8.40. The Morgan fingerprint density at radius 1 is 1.40 bits per heavy atom. The van der Waals surface area contributed by atoms with Crippen LogP contribution in [-0.2, 0) is 4.74 Å². The molecule has 1 aliphatic rings. The van der Waals surface area contributed by atoms with Crippen molar-refractivity contribution in [1.82, 2.24) is 10.2 Å². The number of piperidine rings is 1. The van der Waals surface area contributed by atoms with Crippen molar-refractivity contribution >= 4 is 29.3 Å². The molecule has 0 radical (unpaired) electrons. The molecule has 0 saturated carbocycles. The van der Waals surface area contributed by atoms with Gasteiger partial charge in [0, 0.05) is 35.2 Å². The molecule has 1 amide bonds. The highest BCUT2D eigenvalue weighted by atomic mass is 35.5. The van der Waals surface area contributed by atoms with Crippen LogP contribution in [0.4, 0.5) is 4.79 Å². The van der Waals surface area contributed by atoms with Gasteiger partial charge in [0.1, 0.15) is 5.60 Å². The number of halogens is 2. The third kappa shape index (κ3) is 6.05. The Hall–Kier alpha value is -0.970. The smallest absolute Gasteiger partial charge is 0.410 e. The molecule has 6 heteroatoms. The van der Waals surface area contributed by atoms with Crippen molar-refractivity contribution in [2.45, 2.75) is 64.6 Å². The van der Waals surface area contributed by atoms with E-state index in [1.54, 1.807) is 11.0 Å². The van der Waals surface area contributed by atoms with Gasteiger partial charge in [-0.3, -0.25) is 0 Å². The highest BCUT2D eigenvalue weighted by Gasteiger charge is 2.29. The predicted octanol–water partition coefficient (Wildman–Crippen LogP) is 5.43. The fourth-order valence-electron chi connectivity index (χ4n) is 3.10. The first-order chi connectivity index (χ1) is 11.7. The molecule has 4 nitrogen and oxygen atoms in total. The molecule has 2 unspecified atom stereocenters. The average molecular weight is 387 g/mol. The van der Waals surface area contributed by atoms with Crippen LogP contribution in [0.1, 0.15) is 58.6 Å². The van der Waals surface area contributed by atoms with E-state index in [1.807, 2.05) is 32.9 Å². The number of hydrogen-bond acceptors (Lipinski definition) is 3. The summed E-state index contributed by atoms with van der Waals surface area (Å²) in [5, 5.41) is 4.96. The van der Waals surface area contributed by atoms with E-state index in [2.05, 4.69) is 12.2 Å². The van der Waals surface area contributed by atoms with Crippen LogP contribution in [0.5, 0.6) is 0 Å². The zero-order valence-electron chi connectivity index (χ0n) is 15.4. The van der Waals surface area contributed by atoms with E-state index >= 15 is 0 Å². The third-order valence-corrected chi connectivity index (χ3v) is 4.82. The molecule has 2 atom stereocenters. The quantitative estimate of drug-likeness (QED) is 0.749. The largest absolute Gasteiger partial charge is 0.444 e. The molecular weight excluding hydrogens is 359 g/mol. The number of benzene rings is 1. The first-order valence-electron chi connectivity index (χ1n) is 8.88. The molecule has 2 rings (SSSR count). The van der Waals surface area contributed by atoms with Gasteiger partial charge >= 0.3 is 6.09 Å². The number of nitrogens with zero attached hydrogens (tertiary/aromatic N) is 1. The molecule has 0 spiro atoms. The molecule has 1 fully saturated rings. The summed E-state index contributed by atoms with van der Waals surface area (Å²) in [6.07, 6.45) is 2.66. The Morgan fingerprint density at radius 2 is 2.12 bits per heavy atom. The number of carbonyl (C=O) groups excluding carboxylic acids is 1. The van der Waals surface area contributed by atoms with E-state index in [1.165, 1.54) is 0 Å². The van der Waals surface area contributed by atoms with Crippen LogP contribution in [0.3, 0.4) is 0 Å². The molecule has 1 aromatic carbocycles. The van der Waals surface area contributed by atoms with Crippen LogP contribution in [-0.4, -0.2) is 35.7 Å². The standard InChI is InChI=1S/C19H28Cl2N2O2/c1-5-17(15-9-8-13(20)11-16(15)21)22-14-7-6-10-23(12-14)18(24)25-19(2,3)4/h8-9,11,14,17,22H,5-7,10,12H2,1-4H3. The maximum absolute atomic E-state index is 12.3. The van der Waals surface area contributed by atoms with Crippen molar-refractivity contribution in [3.05, 3.63) is 33.8 Å². The van der Waals surface area contributed by atoms with Crippen LogP contribution in [0.2, 0.25) is 10.0 Å². The van der Waals surface area contributed by atoms with Crippen molar-refractivity contribution in [3.63, 3.8) is 0 Å². The Bertz CT molecular complexity index is 602. The van der Waals surface area contributed by atoms with E-state index in [0.29, 0.717) is 16.6 Å². The zero-order valence-corrected chi connectivity index (χ0v) is 17.0. The summed E-state index contributed by atoms with van der Waals surface area (Å²) in [5.41, 5.74) is 0.572. The van der Waals surface area contributed by atoms with E-state index < -0.39 is 5.60 Å². The van der Waals surface area contributed by atoms with Crippen LogP contribution < -0.4 is 5.32 Å². The second kappa shape index (κ2) is 8.61. The Balaban J connectivity index is 2.01. The maximum Gasteiger partial charge on any atom is 0.410 e. The fourth-order valence-corrected chi connectivity index (χ4v) is 3.64. The molecule has 140 valence electrons. The minimum Gasteiger partial charge on any atom is -0.444 e. The molecule has 0 bridgehead atoms. The number of nitrogens with one attached hydrogen (secondary N) is 1. The van der Waals surface area contributed by atoms with Gasteiger partial charge in [-0.1, -0.05) is 36.2 Å². The summed E-state index contributed by atoms with van der Waals surface area (Å²) in [6, 6.07) is 5.96. The molecule has 0 aromatic heterocycles. The third-order valence-electron chi connectivity index (χ3n) is 4.26. The summed E-state index contributed by atoms with van der Waals surface area (Å²) in [7, 11) is 0. The van der Waals surface area contributed by atoms with Crippen molar-refractivity contribution in [1.29, 1.82) is 0 Å².